The van der Waals surface area contributed by atoms with Crippen LogP contribution in [0.4, 0.5) is 0 Å². The van der Waals surface area contributed by atoms with Crippen molar-refractivity contribution in [3.05, 3.63) is 54.6 Å². The highest BCUT2D eigenvalue weighted by Crippen LogP contribution is 2.28. The smallest absolute Gasteiger partial charge is 0.276 e. The third-order valence-corrected chi connectivity index (χ3v) is 4.79. The molecule has 132 valence electrons. The van der Waals surface area contributed by atoms with Gasteiger partial charge in [-0.3, -0.25) is 9.59 Å². The van der Waals surface area contributed by atoms with Gasteiger partial charge in [0.2, 0.25) is 5.91 Å². The minimum Gasteiger partial charge on any atom is -0.443 e. The fraction of sp³-hybridized carbons (Fsp3) is 0.250. The maximum absolute atomic E-state index is 12.9. The zero-order valence-electron chi connectivity index (χ0n) is 14.5. The summed E-state index contributed by atoms with van der Waals surface area (Å²) in [6.45, 7) is 3.65. The van der Waals surface area contributed by atoms with Gasteiger partial charge in [0, 0.05) is 38.7 Å². The minimum atomic E-state index is -0.162. The summed E-state index contributed by atoms with van der Waals surface area (Å²) in [7, 11) is 0. The van der Waals surface area contributed by atoms with Crippen molar-refractivity contribution in [3.63, 3.8) is 0 Å². The Labute approximate surface area is 151 Å². The Morgan fingerprint density at radius 2 is 1.65 bits per heavy atom. The molecule has 0 bridgehead atoms. The molecular formula is C20H19N3O3. The van der Waals surface area contributed by atoms with Crippen LogP contribution in [0.1, 0.15) is 17.4 Å². The Morgan fingerprint density at radius 3 is 2.38 bits per heavy atom. The molecule has 1 aromatic heterocycles. The normalized spacial score (nSPS) is 14.7. The third kappa shape index (κ3) is 2.94. The number of oxazole rings is 1. The summed E-state index contributed by atoms with van der Waals surface area (Å²) in [4.78, 5) is 32.0. The molecule has 2 heterocycles. The summed E-state index contributed by atoms with van der Waals surface area (Å²) in [5.41, 5.74) is 1.14. The van der Waals surface area contributed by atoms with E-state index in [0.717, 1.165) is 16.3 Å². The number of nitrogens with zero attached hydrogens (tertiary/aromatic N) is 3. The number of rotatable bonds is 2. The van der Waals surface area contributed by atoms with Gasteiger partial charge >= 0.3 is 0 Å². The predicted octanol–water partition coefficient (Wildman–Crippen LogP) is 2.80. The first-order valence-electron chi connectivity index (χ1n) is 8.61. The second-order valence-corrected chi connectivity index (χ2v) is 6.39. The lowest BCUT2D eigenvalue weighted by Gasteiger charge is -2.33. The van der Waals surface area contributed by atoms with Gasteiger partial charge in [-0.05, 0) is 16.8 Å². The van der Waals surface area contributed by atoms with Gasteiger partial charge in [-0.15, -0.1) is 0 Å². The number of hydrogen-bond donors (Lipinski definition) is 0. The van der Waals surface area contributed by atoms with Gasteiger partial charge < -0.3 is 14.2 Å². The molecule has 0 radical (unpaired) electrons. The van der Waals surface area contributed by atoms with E-state index in [4.69, 9.17) is 4.42 Å². The van der Waals surface area contributed by atoms with Crippen molar-refractivity contribution in [3.8, 4) is 11.3 Å². The van der Waals surface area contributed by atoms with Gasteiger partial charge in [-0.2, -0.15) is 0 Å². The summed E-state index contributed by atoms with van der Waals surface area (Å²) in [5, 5.41) is 2.21. The Balaban J connectivity index is 1.60. The Bertz CT molecular complexity index is 971. The summed E-state index contributed by atoms with van der Waals surface area (Å²) >= 11 is 0. The van der Waals surface area contributed by atoms with Crippen LogP contribution >= 0.6 is 0 Å². The molecule has 0 N–H and O–H groups in total. The van der Waals surface area contributed by atoms with Crippen molar-refractivity contribution < 1.29 is 14.0 Å². The quantitative estimate of drug-likeness (QED) is 0.713. The molecule has 0 aliphatic carbocycles. The Kier molecular flexibility index (Phi) is 4.16. The number of piperazine rings is 1. The standard InChI is InChI=1S/C20H19N3O3/c1-14(24)22-8-10-23(11-9-22)20(25)18-19(26-13-21-18)17-7-6-15-4-2-3-5-16(15)12-17/h2-7,12-13H,8-11H2,1H3. The first-order chi connectivity index (χ1) is 12.6. The molecule has 0 spiro atoms. The molecule has 26 heavy (non-hydrogen) atoms. The maximum Gasteiger partial charge on any atom is 0.276 e. The van der Waals surface area contributed by atoms with E-state index in [9.17, 15) is 9.59 Å². The second kappa shape index (κ2) is 6.63. The molecule has 6 heteroatoms. The lowest BCUT2D eigenvalue weighted by molar-refractivity contribution is -0.130. The molecule has 0 unspecified atom stereocenters. The summed E-state index contributed by atoms with van der Waals surface area (Å²) in [6, 6.07) is 14.0. The van der Waals surface area contributed by atoms with E-state index in [-0.39, 0.29) is 11.8 Å². The number of benzene rings is 2. The lowest BCUT2D eigenvalue weighted by atomic mass is 10.0. The Hall–Kier alpha value is -3.15. The molecule has 4 rings (SSSR count). The van der Waals surface area contributed by atoms with E-state index >= 15 is 0 Å². The summed E-state index contributed by atoms with van der Waals surface area (Å²) < 4.78 is 5.55. The number of amides is 2. The highest BCUT2D eigenvalue weighted by atomic mass is 16.3. The van der Waals surface area contributed by atoms with Crippen LogP contribution in [-0.2, 0) is 4.79 Å². The number of carbonyl (C=O) groups is 2. The fourth-order valence-electron chi connectivity index (χ4n) is 3.31. The van der Waals surface area contributed by atoms with Gasteiger partial charge in [0.25, 0.3) is 5.91 Å². The van der Waals surface area contributed by atoms with E-state index in [2.05, 4.69) is 4.98 Å². The van der Waals surface area contributed by atoms with Crippen LogP contribution in [0.15, 0.2) is 53.3 Å². The predicted molar refractivity (Wildman–Crippen MR) is 97.6 cm³/mol. The minimum absolute atomic E-state index is 0.0374. The molecular weight excluding hydrogens is 330 g/mol. The lowest BCUT2D eigenvalue weighted by Crippen LogP contribution is -2.50. The number of carbonyl (C=O) groups excluding carboxylic acids is 2. The molecule has 1 aliphatic rings. The SMILES string of the molecule is CC(=O)N1CCN(C(=O)c2ncoc2-c2ccc3ccccc3c2)CC1. The van der Waals surface area contributed by atoms with Crippen LogP contribution in [0.2, 0.25) is 0 Å². The van der Waals surface area contributed by atoms with Gasteiger partial charge in [0.15, 0.2) is 17.8 Å². The van der Waals surface area contributed by atoms with Crippen molar-refractivity contribution in [2.75, 3.05) is 26.2 Å². The van der Waals surface area contributed by atoms with Crippen molar-refractivity contribution in [1.82, 2.24) is 14.8 Å². The topological polar surface area (TPSA) is 66.7 Å². The molecule has 2 amide bonds. The van der Waals surface area contributed by atoms with Gasteiger partial charge in [0.05, 0.1) is 0 Å². The number of aromatic nitrogens is 1. The van der Waals surface area contributed by atoms with Crippen LogP contribution in [0, 0.1) is 0 Å². The van der Waals surface area contributed by atoms with Crippen molar-refractivity contribution >= 4 is 22.6 Å². The van der Waals surface area contributed by atoms with Gasteiger partial charge in [-0.25, -0.2) is 4.98 Å². The molecule has 0 atom stereocenters. The summed E-state index contributed by atoms with van der Waals surface area (Å²) in [5.74, 6) is 0.357. The van der Waals surface area contributed by atoms with E-state index < -0.39 is 0 Å². The van der Waals surface area contributed by atoms with Crippen LogP contribution < -0.4 is 0 Å². The van der Waals surface area contributed by atoms with Crippen LogP contribution in [0.25, 0.3) is 22.1 Å². The summed E-state index contributed by atoms with van der Waals surface area (Å²) in [6.07, 6.45) is 1.31. The monoisotopic (exact) mass is 349 g/mol. The van der Waals surface area contributed by atoms with Crippen molar-refractivity contribution in [1.29, 1.82) is 0 Å². The molecule has 2 aromatic carbocycles. The zero-order chi connectivity index (χ0) is 18.1. The van der Waals surface area contributed by atoms with Crippen LogP contribution in [0.3, 0.4) is 0 Å². The molecule has 1 fully saturated rings. The van der Waals surface area contributed by atoms with E-state index in [1.54, 1.807) is 16.7 Å². The van der Waals surface area contributed by atoms with Gasteiger partial charge in [-0.1, -0.05) is 36.4 Å². The highest BCUT2D eigenvalue weighted by Gasteiger charge is 2.27. The van der Waals surface area contributed by atoms with E-state index in [1.165, 1.54) is 6.39 Å². The van der Waals surface area contributed by atoms with Crippen molar-refractivity contribution in [2.45, 2.75) is 6.92 Å². The van der Waals surface area contributed by atoms with Crippen LogP contribution in [-0.4, -0.2) is 52.8 Å². The first kappa shape index (κ1) is 16.3. The van der Waals surface area contributed by atoms with Crippen LogP contribution in [0.5, 0.6) is 0 Å². The first-order valence-corrected chi connectivity index (χ1v) is 8.61. The van der Waals surface area contributed by atoms with E-state index in [0.29, 0.717) is 37.6 Å². The fourth-order valence-corrected chi connectivity index (χ4v) is 3.31. The largest absolute Gasteiger partial charge is 0.443 e. The number of fused-ring (bicyclic) bond motifs is 1. The molecule has 3 aromatic rings. The van der Waals surface area contributed by atoms with E-state index in [1.807, 2.05) is 42.5 Å². The molecule has 1 saturated heterocycles. The maximum atomic E-state index is 12.9. The molecule has 6 nitrogen and oxygen atoms in total. The Morgan fingerprint density at radius 1 is 0.962 bits per heavy atom. The average Bonchev–Trinajstić information content (AvgIpc) is 3.17. The average molecular weight is 349 g/mol. The zero-order valence-corrected chi connectivity index (χ0v) is 14.5. The third-order valence-electron chi connectivity index (χ3n) is 4.79. The second-order valence-electron chi connectivity index (χ2n) is 6.39. The molecule has 0 saturated carbocycles. The molecule has 1 aliphatic heterocycles. The number of hydrogen-bond acceptors (Lipinski definition) is 4. The highest BCUT2D eigenvalue weighted by molar-refractivity contribution is 5.99. The van der Waals surface area contributed by atoms with Gasteiger partial charge in [0.1, 0.15) is 0 Å². The van der Waals surface area contributed by atoms with Crippen molar-refractivity contribution in [2.24, 2.45) is 0 Å².